The van der Waals surface area contributed by atoms with Gasteiger partial charge in [-0.1, -0.05) is 38.2 Å². The van der Waals surface area contributed by atoms with Crippen molar-refractivity contribution in [3.8, 4) is 22.4 Å². The zero-order valence-electron chi connectivity index (χ0n) is 22.0. The first-order valence-electron chi connectivity index (χ1n) is 12.9. The molecule has 2 aromatic rings. The number of unbranched alkanes of at least 4 members (excludes halogenated alkanes) is 1. The molecule has 1 unspecified atom stereocenters. The van der Waals surface area contributed by atoms with E-state index in [9.17, 15) is 5.26 Å². The first kappa shape index (κ1) is 27.6. The summed E-state index contributed by atoms with van der Waals surface area (Å²) in [6.07, 6.45) is 13.5. The van der Waals surface area contributed by atoms with Gasteiger partial charge in [-0.25, -0.2) is 4.98 Å². The highest BCUT2D eigenvalue weighted by Gasteiger charge is 2.14. The SMILES string of the molecule is C=C1C=CC=C(c2cnc(-c3ccc(OC(C)C)c(C#N)c3)s2)CCCC1=NCC(C)NCCCC. The van der Waals surface area contributed by atoms with Gasteiger partial charge in [0.05, 0.1) is 23.1 Å². The van der Waals surface area contributed by atoms with Crippen LogP contribution in [0.4, 0.5) is 0 Å². The molecule has 0 fully saturated rings. The Morgan fingerprint density at radius 1 is 1.28 bits per heavy atom. The van der Waals surface area contributed by atoms with Crippen molar-refractivity contribution in [2.24, 2.45) is 4.99 Å². The quantitative estimate of drug-likeness (QED) is 0.344. The number of aromatic nitrogens is 1. The van der Waals surface area contributed by atoms with E-state index >= 15 is 0 Å². The smallest absolute Gasteiger partial charge is 0.137 e. The molecule has 190 valence electrons. The van der Waals surface area contributed by atoms with Crippen molar-refractivity contribution in [1.82, 2.24) is 10.3 Å². The van der Waals surface area contributed by atoms with E-state index in [-0.39, 0.29) is 6.10 Å². The van der Waals surface area contributed by atoms with Crippen molar-refractivity contribution in [3.05, 3.63) is 65.2 Å². The molecule has 0 radical (unpaired) electrons. The van der Waals surface area contributed by atoms with Gasteiger partial charge in [-0.15, -0.1) is 11.3 Å². The predicted octanol–water partition coefficient (Wildman–Crippen LogP) is 7.37. The van der Waals surface area contributed by atoms with Crippen molar-refractivity contribution in [2.75, 3.05) is 13.1 Å². The minimum absolute atomic E-state index is 0.0188. The molecule has 0 aliphatic heterocycles. The molecule has 5 nitrogen and oxygen atoms in total. The molecule has 0 saturated carbocycles. The van der Waals surface area contributed by atoms with Gasteiger partial charge in [-0.3, -0.25) is 4.99 Å². The third-order valence-electron chi connectivity index (χ3n) is 5.94. The van der Waals surface area contributed by atoms with Crippen LogP contribution < -0.4 is 10.1 Å². The van der Waals surface area contributed by atoms with Gasteiger partial charge in [0, 0.05) is 23.5 Å². The number of aliphatic imine (C=N–C) groups is 1. The van der Waals surface area contributed by atoms with Crippen molar-refractivity contribution < 1.29 is 4.74 Å². The summed E-state index contributed by atoms with van der Waals surface area (Å²) in [6.45, 7) is 14.4. The summed E-state index contributed by atoms with van der Waals surface area (Å²) in [6, 6.07) is 8.32. The number of ether oxygens (including phenoxy) is 1. The molecule has 6 heteroatoms. The van der Waals surface area contributed by atoms with E-state index in [1.165, 1.54) is 18.4 Å². The van der Waals surface area contributed by atoms with Crippen molar-refractivity contribution in [1.29, 1.82) is 5.26 Å². The molecule has 1 heterocycles. The third-order valence-corrected chi connectivity index (χ3v) is 7.06. The number of nitrogens with zero attached hydrogens (tertiary/aromatic N) is 3. The number of thiazole rings is 1. The number of benzene rings is 1. The number of nitriles is 1. The van der Waals surface area contributed by atoms with Crippen LogP contribution >= 0.6 is 11.3 Å². The maximum absolute atomic E-state index is 9.57. The lowest BCUT2D eigenvalue weighted by atomic mass is 10.0. The molecule has 1 N–H and O–H groups in total. The molecular formula is C30H38N4OS. The van der Waals surface area contributed by atoms with E-state index in [4.69, 9.17) is 9.73 Å². The lowest BCUT2D eigenvalue weighted by molar-refractivity contribution is 0.242. The zero-order valence-corrected chi connectivity index (χ0v) is 22.8. The standard InChI is InChI=1S/C30H38N4OS/c1-6-7-16-32-23(5)19-33-27-13-9-12-24(11-8-10-22(27)4)29-20-34-30(36-29)25-14-15-28(35-21(2)3)26(17-25)18-31/h8,10-11,14-15,17,20-21,23,32H,4,6-7,9,12-13,16,19H2,1-3,5H3. The summed E-state index contributed by atoms with van der Waals surface area (Å²) in [5.74, 6) is 0.612. The molecule has 36 heavy (non-hydrogen) atoms. The Bertz CT molecular complexity index is 1170. The average Bonchev–Trinajstić information content (AvgIpc) is 3.37. The van der Waals surface area contributed by atoms with Gasteiger partial charge in [0.15, 0.2) is 0 Å². The maximum atomic E-state index is 9.57. The van der Waals surface area contributed by atoms with E-state index in [1.54, 1.807) is 11.3 Å². The van der Waals surface area contributed by atoms with Crippen LogP contribution in [0.3, 0.4) is 0 Å². The number of nitrogens with one attached hydrogen (secondary N) is 1. The molecule has 3 rings (SSSR count). The second-order valence-corrected chi connectivity index (χ2v) is 10.5. The summed E-state index contributed by atoms with van der Waals surface area (Å²) in [5.41, 5.74) is 4.82. The molecule has 1 aliphatic carbocycles. The monoisotopic (exact) mass is 502 g/mol. The molecule has 1 aromatic heterocycles. The summed E-state index contributed by atoms with van der Waals surface area (Å²) in [5, 5.41) is 14.0. The lowest BCUT2D eigenvalue weighted by Gasteiger charge is -2.13. The Morgan fingerprint density at radius 3 is 2.86 bits per heavy atom. The van der Waals surface area contributed by atoms with Crippen molar-refractivity contribution in [3.63, 3.8) is 0 Å². The second kappa shape index (κ2) is 13.9. The number of rotatable bonds is 10. The third kappa shape index (κ3) is 8.01. The van der Waals surface area contributed by atoms with E-state index < -0.39 is 0 Å². The number of hydrogen-bond acceptors (Lipinski definition) is 6. The van der Waals surface area contributed by atoms with Gasteiger partial charge in [-0.05, 0) is 82.3 Å². The van der Waals surface area contributed by atoms with Crippen LogP contribution in [0.2, 0.25) is 0 Å². The van der Waals surface area contributed by atoms with E-state index in [0.717, 1.165) is 59.1 Å². The van der Waals surface area contributed by atoms with Crippen molar-refractivity contribution in [2.45, 2.75) is 71.9 Å². The Balaban J connectivity index is 1.68. The van der Waals surface area contributed by atoms with E-state index in [2.05, 4.69) is 55.0 Å². The first-order valence-corrected chi connectivity index (χ1v) is 13.7. The molecule has 1 atom stereocenters. The summed E-state index contributed by atoms with van der Waals surface area (Å²) >= 11 is 1.66. The maximum Gasteiger partial charge on any atom is 0.137 e. The lowest BCUT2D eigenvalue weighted by Crippen LogP contribution is -2.30. The van der Waals surface area contributed by atoms with Gasteiger partial charge in [0.25, 0.3) is 0 Å². The number of hydrogen-bond donors (Lipinski definition) is 1. The predicted molar refractivity (Wildman–Crippen MR) is 153 cm³/mol. The van der Waals surface area contributed by atoms with Crippen LogP contribution in [-0.4, -0.2) is 35.9 Å². The van der Waals surface area contributed by atoms with Crippen LogP contribution in [0.15, 0.2) is 59.8 Å². The summed E-state index contributed by atoms with van der Waals surface area (Å²) in [7, 11) is 0. The molecule has 0 amide bonds. The molecular weight excluding hydrogens is 464 g/mol. The fourth-order valence-electron chi connectivity index (χ4n) is 3.95. The summed E-state index contributed by atoms with van der Waals surface area (Å²) < 4.78 is 5.76. The Morgan fingerprint density at radius 2 is 2.11 bits per heavy atom. The highest BCUT2D eigenvalue weighted by atomic mass is 32.1. The minimum Gasteiger partial charge on any atom is -0.490 e. The van der Waals surface area contributed by atoms with Crippen LogP contribution in [-0.2, 0) is 0 Å². The Kier molecular flexibility index (Phi) is 10.7. The molecule has 0 bridgehead atoms. The minimum atomic E-state index is 0.0188. The fraction of sp³-hybridized carbons (Fsp3) is 0.433. The van der Waals surface area contributed by atoms with Crippen LogP contribution in [0, 0.1) is 11.3 Å². The van der Waals surface area contributed by atoms with Gasteiger partial charge in [0.2, 0.25) is 0 Å². The highest BCUT2D eigenvalue weighted by Crippen LogP contribution is 2.34. The average molecular weight is 503 g/mol. The van der Waals surface area contributed by atoms with Crippen LogP contribution in [0.5, 0.6) is 5.75 Å². The van der Waals surface area contributed by atoms with Gasteiger partial charge in [-0.2, -0.15) is 5.26 Å². The topological polar surface area (TPSA) is 70.3 Å². The van der Waals surface area contributed by atoms with Crippen LogP contribution in [0.1, 0.15) is 70.2 Å². The Hall–Kier alpha value is -3.01. The molecule has 0 saturated heterocycles. The van der Waals surface area contributed by atoms with Crippen molar-refractivity contribution >= 4 is 22.6 Å². The van der Waals surface area contributed by atoms with Crippen LogP contribution in [0.25, 0.3) is 16.1 Å². The summed E-state index contributed by atoms with van der Waals surface area (Å²) in [4.78, 5) is 10.7. The number of allylic oxidation sites excluding steroid dienone is 5. The largest absolute Gasteiger partial charge is 0.490 e. The molecule has 1 aromatic carbocycles. The normalized spacial score (nSPS) is 16.3. The van der Waals surface area contributed by atoms with E-state index in [1.807, 2.05) is 38.2 Å². The van der Waals surface area contributed by atoms with Gasteiger partial charge < -0.3 is 10.1 Å². The van der Waals surface area contributed by atoms with Gasteiger partial charge in [0.1, 0.15) is 16.8 Å². The second-order valence-electron chi connectivity index (χ2n) is 9.44. The van der Waals surface area contributed by atoms with E-state index in [0.29, 0.717) is 17.4 Å². The first-order chi connectivity index (χ1) is 17.4. The Labute approximate surface area is 220 Å². The zero-order chi connectivity index (χ0) is 25.9. The fourth-order valence-corrected chi connectivity index (χ4v) is 4.92. The van der Waals surface area contributed by atoms with Gasteiger partial charge >= 0.3 is 0 Å². The molecule has 0 spiro atoms. The molecule has 1 aliphatic rings. The highest BCUT2D eigenvalue weighted by molar-refractivity contribution is 7.16.